The number of benzene rings is 1. The molecule has 0 bridgehead atoms. The van der Waals surface area contributed by atoms with Crippen LogP contribution in [0.25, 0.3) is 0 Å². The van der Waals surface area contributed by atoms with Crippen LogP contribution in [0, 0.1) is 12.8 Å². The van der Waals surface area contributed by atoms with Crippen LogP contribution < -0.4 is 9.64 Å². The lowest BCUT2D eigenvalue weighted by Crippen LogP contribution is -2.43. The van der Waals surface area contributed by atoms with Crippen LogP contribution >= 0.6 is 0 Å². The lowest BCUT2D eigenvalue weighted by atomic mass is 10.0. The second-order valence-corrected chi connectivity index (χ2v) is 5.46. The molecule has 0 radical (unpaired) electrons. The van der Waals surface area contributed by atoms with Gasteiger partial charge >= 0.3 is 5.97 Å². The normalized spacial score (nSPS) is 18.1. The summed E-state index contributed by atoms with van der Waals surface area (Å²) in [7, 11) is 0. The summed E-state index contributed by atoms with van der Waals surface area (Å²) in [6, 6.07) is 6.07. The molecule has 0 aromatic heterocycles. The Bertz CT molecular complexity index is 470. The number of nitrogens with zero attached hydrogens (tertiary/aromatic N) is 1. The van der Waals surface area contributed by atoms with Gasteiger partial charge in [0.2, 0.25) is 0 Å². The summed E-state index contributed by atoms with van der Waals surface area (Å²) in [5.41, 5.74) is 2.17. The van der Waals surface area contributed by atoms with E-state index >= 15 is 0 Å². The molecule has 1 N–H and O–H groups in total. The number of carboxylic acid groups (broad SMARTS) is 1. The van der Waals surface area contributed by atoms with Gasteiger partial charge in [-0.1, -0.05) is 19.9 Å². The van der Waals surface area contributed by atoms with Gasteiger partial charge in [-0.2, -0.15) is 0 Å². The van der Waals surface area contributed by atoms with Gasteiger partial charge in [0, 0.05) is 6.54 Å². The van der Waals surface area contributed by atoms with Crippen LogP contribution in [0.15, 0.2) is 18.2 Å². The minimum atomic E-state index is -0.762. The summed E-state index contributed by atoms with van der Waals surface area (Å²) in [5.74, 6) is 0.504. The monoisotopic (exact) mass is 263 g/mol. The highest BCUT2D eigenvalue weighted by Gasteiger charge is 2.27. The van der Waals surface area contributed by atoms with Crippen molar-refractivity contribution in [1.29, 1.82) is 0 Å². The zero-order valence-electron chi connectivity index (χ0n) is 11.7. The Kier molecular flexibility index (Phi) is 3.98. The number of ether oxygens (including phenoxy) is 1. The molecule has 0 amide bonds. The lowest BCUT2D eigenvalue weighted by molar-refractivity contribution is -0.136. The predicted molar refractivity (Wildman–Crippen MR) is 74.9 cm³/mol. The number of carbonyl (C=O) groups is 1. The molecule has 0 spiro atoms. The van der Waals surface area contributed by atoms with E-state index in [0.29, 0.717) is 12.5 Å². The number of aryl methyl sites for hydroxylation is 1. The summed E-state index contributed by atoms with van der Waals surface area (Å²) in [6.07, 6.45) is 0.266. The number of hydrogen-bond acceptors (Lipinski definition) is 3. The van der Waals surface area contributed by atoms with Crippen LogP contribution in [-0.4, -0.2) is 30.3 Å². The molecule has 0 fully saturated rings. The van der Waals surface area contributed by atoms with Gasteiger partial charge in [-0.3, -0.25) is 4.79 Å². The molecule has 0 aliphatic carbocycles. The van der Waals surface area contributed by atoms with Crippen molar-refractivity contribution in [2.45, 2.75) is 33.3 Å². The molecule has 4 heteroatoms. The van der Waals surface area contributed by atoms with Gasteiger partial charge in [0.05, 0.1) is 18.7 Å². The Morgan fingerprint density at radius 3 is 2.89 bits per heavy atom. The first-order chi connectivity index (χ1) is 8.97. The molecule has 1 aliphatic rings. The van der Waals surface area contributed by atoms with Gasteiger partial charge < -0.3 is 14.7 Å². The molecule has 1 atom stereocenters. The van der Waals surface area contributed by atoms with E-state index in [1.54, 1.807) is 0 Å². The standard InChI is InChI=1S/C15H21NO3/c1-10(2)14-9-16(7-6-15(17)18)12-8-11(3)4-5-13(12)19-14/h4-5,8,10,14H,6-7,9H2,1-3H3,(H,17,18). The molecule has 2 rings (SSSR count). The average Bonchev–Trinajstić information content (AvgIpc) is 2.35. The van der Waals surface area contributed by atoms with Crippen molar-refractivity contribution in [2.24, 2.45) is 5.92 Å². The van der Waals surface area contributed by atoms with E-state index in [4.69, 9.17) is 9.84 Å². The van der Waals surface area contributed by atoms with Crippen LogP contribution in [0.2, 0.25) is 0 Å². The second-order valence-electron chi connectivity index (χ2n) is 5.46. The van der Waals surface area contributed by atoms with Crippen LogP contribution in [0.5, 0.6) is 5.75 Å². The van der Waals surface area contributed by atoms with Gasteiger partial charge in [-0.25, -0.2) is 0 Å². The van der Waals surface area contributed by atoms with Crippen molar-refractivity contribution in [3.63, 3.8) is 0 Å². The minimum Gasteiger partial charge on any atom is -0.486 e. The van der Waals surface area contributed by atoms with E-state index in [9.17, 15) is 4.79 Å². The van der Waals surface area contributed by atoms with Crippen LogP contribution in [0.3, 0.4) is 0 Å². The molecule has 1 unspecified atom stereocenters. The van der Waals surface area contributed by atoms with Gasteiger partial charge in [-0.15, -0.1) is 0 Å². The summed E-state index contributed by atoms with van der Waals surface area (Å²) >= 11 is 0. The van der Waals surface area contributed by atoms with Crippen molar-refractivity contribution < 1.29 is 14.6 Å². The number of fused-ring (bicyclic) bond motifs is 1. The van der Waals surface area contributed by atoms with Crippen LogP contribution in [0.4, 0.5) is 5.69 Å². The van der Waals surface area contributed by atoms with E-state index in [1.807, 2.05) is 19.1 Å². The van der Waals surface area contributed by atoms with Gasteiger partial charge in [0.15, 0.2) is 0 Å². The summed E-state index contributed by atoms with van der Waals surface area (Å²) < 4.78 is 6.00. The number of hydrogen-bond donors (Lipinski definition) is 1. The zero-order chi connectivity index (χ0) is 14.0. The van der Waals surface area contributed by atoms with Crippen LogP contribution in [0.1, 0.15) is 25.8 Å². The summed E-state index contributed by atoms with van der Waals surface area (Å²) in [5, 5.41) is 8.86. The summed E-state index contributed by atoms with van der Waals surface area (Å²) in [6.45, 7) is 7.56. The Balaban J connectivity index is 2.25. The largest absolute Gasteiger partial charge is 0.486 e. The molecule has 4 nitrogen and oxygen atoms in total. The first-order valence-corrected chi connectivity index (χ1v) is 6.71. The fourth-order valence-electron chi connectivity index (χ4n) is 2.28. The third kappa shape index (κ3) is 3.19. The maximum Gasteiger partial charge on any atom is 0.305 e. The minimum absolute atomic E-state index is 0.115. The third-order valence-corrected chi connectivity index (χ3v) is 3.47. The third-order valence-electron chi connectivity index (χ3n) is 3.47. The van der Waals surface area contributed by atoms with E-state index < -0.39 is 5.97 Å². The van der Waals surface area contributed by atoms with Crippen molar-refractivity contribution in [1.82, 2.24) is 0 Å². The highest BCUT2D eigenvalue weighted by atomic mass is 16.5. The molecule has 0 saturated heterocycles. The molecule has 0 saturated carbocycles. The molecule has 104 valence electrons. The fourth-order valence-corrected chi connectivity index (χ4v) is 2.28. The van der Waals surface area contributed by atoms with Crippen LogP contribution in [-0.2, 0) is 4.79 Å². The maximum atomic E-state index is 10.8. The van der Waals surface area contributed by atoms with E-state index in [-0.39, 0.29) is 12.5 Å². The van der Waals surface area contributed by atoms with Crippen molar-refractivity contribution in [3.05, 3.63) is 23.8 Å². The molecule has 1 aromatic carbocycles. The Morgan fingerprint density at radius 1 is 1.53 bits per heavy atom. The van der Waals surface area contributed by atoms with Gasteiger partial charge in [0.25, 0.3) is 0 Å². The second kappa shape index (κ2) is 5.51. The Labute approximate surface area is 114 Å². The Hall–Kier alpha value is -1.71. The number of aliphatic carboxylic acids is 1. The molecular weight excluding hydrogens is 242 g/mol. The number of rotatable bonds is 4. The zero-order valence-corrected chi connectivity index (χ0v) is 11.7. The van der Waals surface area contributed by atoms with Gasteiger partial charge in [-0.05, 0) is 30.5 Å². The number of anilines is 1. The molecular formula is C15H21NO3. The Morgan fingerprint density at radius 2 is 2.26 bits per heavy atom. The highest BCUT2D eigenvalue weighted by Crippen LogP contribution is 2.35. The quantitative estimate of drug-likeness (QED) is 0.907. The summed E-state index contributed by atoms with van der Waals surface area (Å²) in [4.78, 5) is 12.9. The van der Waals surface area contributed by atoms with Crippen molar-refractivity contribution >= 4 is 11.7 Å². The first kappa shape index (κ1) is 13.7. The molecule has 1 aliphatic heterocycles. The fraction of sp³-hybridized carbons (Fsp3) is 0.533. The van der Waals surface area contributed by atoms with E-state index in [2.05, 4.69) is 24.8 Å². The molecule has 19 heavy (non-hydrogen) atoms. The smallest absolute Gasteiger partial charge is 0.305 e. The lowest BCUT2D eigenvalue weighted by Gasteiger charge is -2.38. The average molecular weight is 263 g/mol. The first-order valence-electron chi connectivity index (χ1n) is 6.71. The maximum absolute atomic E-state index is 10.8. The van der Waals surface area contributed by atoms with Gasteiger partial charge in [0.1, 0.15) is 11.9 Å². The molecule has 1 heterocycles. The van der Waals surface area contributed by atoms with Crippen molar-refractivity contribution in [2.75, 3.05) is 18.0 Å². The number of carboxylic acids is 1. The molecule has 1 aromatic rings. The SMILES string of the molecule is Cc1ccc2c(c1)N(CCC(=O)O)CC(C(C)C)O2. The topological polar surface area (TPSA) is 49.8 Å². The highest BCUT2D eigenvalue weighted by molar-refractivity contribution is 5.69. The van der Waals surface area contributed by atoms with E-state index in [1.165, 1.54) is 0 Å². The predicted octanol–water partition coefficient (Wildman–Crippen LogP) is 2.69. The van der Waals surface area contributed by atoms with Crippen molar-refractivity contribution in [3.8, 4) is 5.75 Å². The van der Waals surface area contributed by atoms with E-state index in [0.717, 1.165) is 23.5 Å².